The molecule has 0 spiro atoms. The van der Waals surface area contributed by atoms with Crippen LogP contribution in [0.3, 0.4) is 0 Å². The molecular weight excluding hydrogens is 428 g/mol. The van der Waals surface area contributed by atoms with E-state index >= 15 is 0 Å². The molecule has 0 unspecified atom stereocenters. The van der Waals surface area contributed by atoms with Gasteiger partial charge in [0.15, 0.2) is 0 Å². The monoisotopic (exact) mass is 440 g/mol. The predicted molar refractivity (Wildman–Crippen MR) is 88.2 cm³/mol. The van der Waals surface area contributed by atoms with Crippen molar-refractivity contribution in [3.8, 4) is 0 Å². The van der Waals surface area contributed by atoms with Gasteiger partial charge in [0.25, 0.3) is 0 Å². The average molecular weight is 442 g/mol. The van der Waals surface area contributed by atoms with E-state index < -0.39 is 0 Å². The molecule has 0 bridgehead atoms. The Morgan fingerprint density at radius 3 is 1.55 bits per heavy atom. The molecule has 22 heavy (non-hydrogen) atoms. The van der Waals surface area contributed by atoms with Crippen molar-refractivity contribution in [3.05, 3.63) is 70.4 Å². The van der Waals surface area contributed by atoms with E-state index in [-0.39, 0.29) is 56.4 Å². The zero-order valence-corrected chi connectivity index (χ0v) is 18.0. The van der Waals surface area contributed by atoms with Crippen LogP contribution in [0, 0.1) is 5.41 Å². The third-order valence-corrected chi connectivity index (χ3v) is 7.15. The Kier molecular flexibility index (Phi) is 6.85. The van der Waals surface area contributed by atoms with Crippen molar-refractivity contribution in [2.45, 2.75) is 13.8 Å². The fourth-order valence-electron chi connectivity index (χ4n) is 2.69. The third-order valence-electron chi connectivity index (χ3n) is 4.00. The molecule has 0 saturated carbocycles. The zero-order valence-electron chi connectivity index (χ0n) is 12.3. The third kappa shape index (κ3) is 3.22. The molecule has 0 N–H and O–H groups in total. The van der Waals surface area contributed by atoms with Crippen LogP contribution in [0.25, 0.3) is 0 Å². The summed E-state index contributed by atoms with van der Waals surface area (Å²) in [7, 11) is 2.78. The van der Waals surface area contributed by atoms with Gasteiger partial charge >= 0.3 is 26.2 Å². The van der Waals surface area contributed by atoms with E-state index in [4.69, 9.17) is 0 Å². The topological polar surface area (TPSA) is 0 Å². The minimum Gasteiger partial charge on any atom is -1.00 e. The fraction of sp³-hybridized carbons (Fsp3) is 0.176. The smallest absolute Gasteiger partial charge is 1.00 e. The molecule has 0 aromatic carbocycles. The molecule has 0 nitrogen and oxygen atoms in total. The molecule has 0 amide bonds. The number of fused-ring (bicyclic) bond motifs is 2. The Morgan fingerprint density at radius 2 is 1.18 bits per heavy atom. The van der Waals surface area contributed by atoms with Crippen LogP contribution in [-0.4, -0.2) is 10.6 Å². The molecule has 0 aromatic rings. The second kappa shape index (κ2) is 7.42. The molecule has 0 radical (unpaired) electrons. The number of allylic oxidation sites excluding steroid dienone is 12. The van der Waals surface area contributed by atoms with E-state index in [1.807, 2.05) is 0 Å². The van der Waals surface area contributed by atoms with E-state index in [1.54, 1.807) is 0 Å². The molecule has 2 aliphatic heterocycles. The second-order valence-corrected chi connectivity index (χ2v) is 8.01. The molecule has 5 heteroatoms. The number of rotatable bonds is 2. The maximum Gasteiger partial charge on any atom is 2.00 e. The maximum atomic E-state index is 2.39. The standard InChI is InChI=1S/C17H14P2.2ClH.Zr/c1-17(2,15-9-11-5-3-7-13(11)18-15)16-10-12-6-4-8-14(12)19-16;;;/h3-10H,1-2H3;2*1H;/q;;;+2/p-2. The van der Waals surface area contributed by atoms with Gasteiger partial charge in [0.1, 0.15) is 0 Å². The van der Waals surface area contributed by atoms with Gasteiger partial charge in [-0.05, 0) is 46.0 Å². The average Bonchev–Trinajstić information content (AvgIpc) is 3.07. The molecule has 0 atom stereocenters. The van der Waals surface area contributed by atoms with E-state index in [1.165, 1.54) is 48.8 Å². The first kappa shape index (κ1) is 20.3. The van der Waals surface area contributed by atoms with Crippen LogP contribution >= 0.6 is 16.4 Å². The van der Waals surface area contributed by atoms with Crippen LogP contribution in [0.1, 0.15) is 13.8 Å². The van der Waals surface area contributed by atoms with Gasteiger partial charge in [0.05, 0.1) is 0 Å². The Balaban J connectivity index is 0.000000807. The maximum absolute atomic E-state index is 2.39. The first-order chi connectivity index (χ1) is 9.14. The van der Waals surface area contributed by atoms with Crippen molar-refractivity contribution in [2.75, 3.05) is 0 Å². The quantitative estimate of drug-likeness (QED) is 0.484. The van der Waals surface area contributed by atoms with Crippen molar-refractivity contribution in [1.82, 2.24) is 0 Å². The van der Waals surface area contributed by atoms with Crippen molar-refractivity contribution in [2.24, 2.45) is 5.41 Å². The molecule has 2 heterocycles. The predicted octanol–water partition coefficient (Wildman–Crippen LogP) is -0.957. The minimum absolute atomic E-state index is 0. The van der Waals surface area contributed by atoms with Gasteiger partial charge in [-0.25, -0.2) is 0 Å². The normalized spacial score (nSPS) is 21.0. The first-order valence-corrected chi connectivity index (χ1v) is 8.33. The Labute approximate surface area is 166 Å². The molecule has 2 aliphatic carbocycles. The number of hydrogen-bond acceptors (Lipinski definition) is 0. The van der Waals surface area contributed by atoms with Gasteiger partial charge < -0.3 is 24.8 Å². The van der Waals surface area contributed by atoms with Gasteiger partial charge in [-0.3, -0.25) is 0 Å². The van der Waals surface area contributed by atoms with Gasteiger partial charge in [-0.15, -0.1) is 0 Å². The molecule has 0 fully saturated rings. The summed E-state index contributed by atoms with van der Waals surface area (Å²) in [4.78, 5) is 0. The number of halogens is 2. The summed E-state index contributed by atoms with van der Waals surface area (Å²) in [5.41, 5.74) is 2.97. The summed E-state index contributed by atoms with van der Waals surface area (Å²) in [5, 5.41) is 5.99. The SMILES string of the molecule is CC(C)(C1=PC2=CC=CC2=C1)C1=PC2=CC=CC2=C1.[Cl-].[Cl-].[Zr+2]. The zero-order chi connectivity index (χ0) is 13.0. The van der Waals surface area contributed by atoms with Crippen LogP contribution in [0.15, 0.2) is 70.4 Å². The van der Waals surface area contributed by atoms with Crippen molar-refractivity contribution < 1.29 is 51.0 Å². The Bertz CT molecular complexity index is 683. The van der Waals surface area contributed by atoms with Crippen LogP contribution in [-0.2, 0) is 26.2 Å². The largest absolute Gasteiger partial charge is 2.00 e. The molecule has 0 saturated heterocycles. The van der Waals surface area contributed by atoms with Crippen LogP contribution < -0.4 is 24.8 Å². The molecule has 4 rings (SSSR count). The summed E-state index contributed by atoms with van der Waals surface area (Å²) in [6.07, 6.45) is 18.0. The van der Waals surface area contributed by atoms with Crippen molar-refractivity contribution >= 4 is 27.0 Å². The van der Waals surface area contributed by atoms with Crippen LogP contribution in [0.2, 0.25) is 0 Å². The van der Waals surface area contributed by atoms with E-state index in [9.17, 15) is 0 Å². The summed E-state index contributed by atoms with van der Waals surface area (Å²) in [5.74, 6) is 0. The summed E-state index contributed by atoms with van der Waals surface area (Å²) in [6.45, 7) is 4.73. The van der Waals surface area contributed by atoms with Gasteiger partial charge in [-0.2, -0.15) is 0 Å². The van der Waals surface area contributed by atoms with Gasteiger partial charge in [0, 0.05) is 16.0 Å². The van der Waals surface area contributed by atoms with Crippen molar-refractivity contribution in [3.63, 3.8) is 0 Å². The first-order valence-electron chi connectivity index (χ1n) is 6.54. The van der Waals surface area contributed by atoms with Crippen LogP contribution in [0.4, 0.5) is 0 Å². The molecule has 0 aromatic heterocycles. The molecular formula is C17H14Cl2P2Zr. The summed E-state index contributed by atoms with van der Waals surface area (Å²) < 4.78 is 0. The van der Waals surface area contributed by atoms with E-state index in [2.05, 4.69) is 62.5 Å². The van der Waals surface area contributed by atoms with Crippen molar-refractivity contribution in [1.29, 1.82) is 0 Å². The van der Waals surface area contributed by atoms with Gasteiger partial charge in [0.2, 0.25) is 0 Å². The van der Waals surface area contributed by atoms with E-state index in [0.29, 0.717) is 0 Å². The number of hydrogen-bond donors (Lipinski definition) is 0. The van der Waals surface area contributed by atoms with E-state index in [0.717, 1.165) is 0 Å². The molecule has 110 valence electrons. The summed E-state index contributed by atoms with van der Waals surface area (Å²) in [6, 6.07) is 0. The van der Waals surface area contributed by atoms with Crippen LogP contribution in [0.5, 0.6) is 0 Å². The second-order valence-electron chi connectivity index (χ2n) is 5.64. The van der Waals surface area contributed by atoms with Gasteiger partial charge in [-0.1, -0.05) is 54.6 Å². The Hall–Kier alpha value is 0.243. The minimum atomic E-state index is 0. The summed E-state index contributed by atoms with van der Waals surface area (Å²) >= 11 is 0. The fourth-order valence-corrected chi connectivity index (χ4v) is 5.36. The Morgan fingerprint density at radius 1 is 0.773 bits per heavy atom. The molecule has 4 aliphatic rings.